The SMILES string of the molecule is C=C(CC)C[C@@H](C)CCNCC. The molecule has 1 heteroatoms. The summed E-state index contributed by atoms with van der Waals surface area (Å²) in [6.07, 6.45) is 3.60. The minimum atomic E-state index is 0.788. The third-order valence-corrected chi connectivity index (χ3v) is 2.20. The molecule has 0 bridgehead atoms. The second-order valence-corrected chi connectivity index (χ2v) is 3.56. The van der Waals surface area contributed by atoms with Crippen LogP contribution in [0.4, 0.5) is 0 Å². The van der Waals surface area contributed by atoms with Crippen molar-refractivity contribution in [2.24, 2.45) is 5.92 Å². The molecule has 1 atom stereocenters. The van der Waals surface area contributed by atoms with Gasteiger partial charge in [-0.25, -0.2) is 0 Å². The molecule has 0 aromatic heterocycles. The van der Waals surface area contributed by atoms with Crippen LogP contribution in [0.5, 0.6) is 0 Å². The lowest BCUT2D eigenvalue weighted by atomic mass is 9.98. The molecule has 1 N–H and O–H groups in total. The standard InChI is InChI=1S/C11H23N/c1-5-10(3)9-11(4)7-8-12-6-2/h11-12H,3,5-9H2,1-2,4H3/t11-/m0/s1. The molecule has 0 rings (SSSR count). The van der Waals surface area contributed by atoms with E-state index >= 15 is 0 Å². The Hall–Kier alpha value is -0.300. The molecular weight excluding hydrogens is 146 g/mol. The highest BCUT2D eigenvalue weighted by Gasteiger charge is 2.02. The minimum Gasteiger partial charge on any atom is -0.317 e. The summed E-state index contributed by atoms with van der Waals surface area (Å²) in [6, 6.07) is 0. The lowest BCUT2D eigenvalue weighted by Gasteiger charge is -2.12. The molecule has 0 saturated carbocycles. The van der Waals surface area contributed by atoms with Gasteiger partial charge in [0.05, 0.1) is 0 Å². The zero-order chi connectivity index (χ0) is 9.40. The number of hydrogen-bond acceptors (Lipinski definition) is 1. The summed E-state index contributed by atoms with van der Waals surface area (Å²) in [5, 5.41) is 3.34. The van der Waals surface area contributed by atoms with Crippen molar-refractivity contribution in [3.63, 3.8) is 0 Å². The highest BCUT2D eigenvalue weighted by atomic mass is 14.8. The van der Waals surface area contributed by atoms with E-state index in [9.17, 15) is 0 Å². The molecule has 0 radical (unpaired) electrons. The summed E-state index contributed by atoms with van der Waals surface area (Å²) in [7, 11) is 0. The topological polar surface area (TPSA) is 12.0 Å². The molecule has 0 aromatic rings. The Morgan fingerprint density at radius 2 is 2.08 bits per heavy atom. The van der Waals surface area contributed by atoms with Crippen LogP contribution in [0.15, 0.2) is 12.2 Å². The Morgan fingerprint density at radius 3 is 2.58 bits per heavy atom. The van der Waals surface area contributed by atoms with Crippen LogP contribution in [0.3, 0.4) is 0 Å². The van der Waals surface area contributed by atoms with Crippen molar-refractivity contribution in [2.75, 3.05) is 13.1 Å². The van der Waals surface area contributed by atoms with Crippen molar-refractivity contribution in [2.45, 2.75) is 40.0 Å². The van der Waals surface area contributed by atoms with Gasteiger partial charge in [-0.1, -0.05) is 32.9 Å². The van der Waals surface area contributed by atoms with Crippen LogP contribution in [0, 0.1) is 5.92 Å². The van der Waals surface area contributed by atoms with E-state index in [1.165, 1.54) is 18.4 Å². The fraction of sp³-hybridized carbons (Fsp3) is 0.818. The zero-order valence-corrected chi connectivity index (χ0v) is 8.82. The molecule has 72 valence electrons. The Kier molecular flexibility index (Phi) is 7.17. The average molecular weight is 169 g/mol. The summed E-state index contributed by atoms with van der Waals surface area (Å²) in [6.45, 7) is 12.9. The van der Waals surface area contributed by atoms with Crippen LogP contribution in [0.2, 0.25) is 0 Å². The van der Waals surface area contributed by atoms with Gasteiger partial charge in [0.1, 0.15) is 0 Å². The number of allylic oxidation sites excluding steroid dienone is 1. The third-order valence-electron chi connectivity index (χ3n) is 2.20. The van der Waals surface area contributed by atoms with Crippen LogP contribution in [-0.4, -0.2) is 13.1 Å². The summed E-state index contributed by atoms with van der Waals surface area (Å²) < 4.78 is 0. The molecule has 0 spiro atoms. The molecule has 0 aliphatic rings. The highest BCUT2D eigenvalue weighted by Crippen LogP contribution is 2.14. The predicted octanol–water partition coefficient (Wildman–Crippen LogP) is 2.98. The van der Waals surface area contributed by atoms with Crippen LogP contribution in [0.25, 0.3) is 0 Å². The van der Waals surface area contributed by atoms with Crippen molar-refractivity contribution in [1.29, 1.82) is 0 Å². The molecule has 0 aliphatic carbocycles. The quantitative estimate of drug-likeness (QED) is 0.456. The fourth-order valence-electron chi connectivity index (χ4n) is 1.26. The monoisotopic (exact) mass is 169 g/mol. The van der Waals surface area contributed by atoms with Gasteiger partial charge in [-0.2, -0.15) is 0 Å². The second-order valence-electron chi connectivity index (χ2n) is 3.56. The first-order valence-corrected chi connectivity index (χ1v) is 5.08. The molecule has 0 unspecified atom stereocenters. The van der Waals surface area contributed by atoms with Gasteiger partial charge in [0.15, 0.2) is 0 Å². The molecule has 0 fully saturated rings. The lowest BCUT2D eigenvalue weighted by Crippen LogP contribution is -2.16. The van der Waals surface area contributed by atoms with Gasteiger partial charge >= 0.3 is 0 Å². The Morgan fingerprint density at radius 1 is 1.42 bits per heavy atom. The van der Waals surface area contributed by atoms with Gasteiger partial charge in [0, 0.05) is 0 Å². The van der Waals surface area contributed by atoms with Crippen LogP contribution < -0.4 is 5.32 Å². The highest BCUT2D eigenvalue weighted by molar-refractivity contribution is 4.93. The predicted molar refractivity (Wildman–Crippen MR) is 56.4 cm³/mol. The van der Waals surface area contributed by atoms with Gasteiger partial charge in [-0.05, 0) is 38.3 Å². The van der Waals surface area contributed by atoms with E-state index in [4.69, 9.17) is 0 Å². The van der Waals surface area contributed by atoms with E-state index in [0.29, 0.717) is 0 Å². The van der Waals surface area contributed by atoms with Gasteiger partial charge in [-0.3, -0.25) is 0 Å². The molecule has 0 amide bonds. The molecule has 0 saturated heterocycles. The molecule has 1 nitrogen and oxygen atoms in total. The first-order valence-electron chi connectivity index (χ1n) is 5.08. The third kappa shape index (κ3) is 6.41. The smallest absolute Gasteiger partial charge is 0.00464 e. The normalized spacial score (nSPS) is 12.9. The van der Waals surface area contributed by atoms with Crippen LogP contribution in [-0.2, 0) is 0 Å². The second kappa shape index (κ2) is 7.35. The van der Waals surface area contributed by atoms with Crippen molar-refractivity contribution in [3.8, 4) is 0 Å². The summed E-state index contributed by atoms with van der Waals surface area (Å²) in [5.74, 6) is 0.788. The lowest BCUT2D eigenvalue weighted by molar-refractivity contribution is 0.499. The Balaban J connectivity index is 3.32. The van der Waals surface area contributed by atoms with Crippen molar-refractivity contribution >= 4 is 0 Å². The van der Waals surface area contributed by atoms with Gasteiger partial charge in [0.25, 0.3) is 0 Å². The first kappa shape index (κ1) is 11.7. The van der Waals surface area contributed by atoms with Gasteiger partial charge < -0.3 is 5.32 Å². The van der Waals surface area contributed by atoms with E-state index in [1.54, 1.807) is 0 Å². The van der Waals surface area contributed by atoms with Crippen LogP contribution in [0.1, 0.15) is 40.0 Å². The van der Waals surface area contributed by atoms with Gasteiger partial charge in [0.2, 0.25) is 0 Å². The molecule has 0 heterocycles. The van der Waals surface area contributed by atoms with Crippen LogP contribution >= 0.6 is 0 Å². The van der Waals surface area contributed by atoms with E-state index in [0.717, 1.165) is 25.4 Å². The van der Waals surface area contributed by atoms with Gasteiger partial charge in [-0.15, -0.1) is 0 Å². The number of rotatable bonds is 7. The van der Waals surface area contributed by atoms with Crippen molar-refractivity contribution < 1.29 is 0 Å². The first-order chi connectivity index (χ1) is 5.70. The average Bonchev–Trinajstić information content (AvgIpc) is 2.05. The number of hydrogen-bond donors (Lipinski definition) is 1. The largest absolute Gasteiger partial charge is 0.317 e. The molecule has 0 aromatic carbocycles. The minimum absolute atomic E-state index is 0.788. The zero-order valence-electron chi connectivity index (χ0n) is 8.82. The van der Waals surface area contributed by atoms with E-state index < -0.39 is 0 Å². The summed E-state index contributed by atoms with van der Waals surface area (Å²) >= 11 is 0. The summed E-state index contributed by atoms with van der Waals surface area (Å²) in [4.78, 5) is 0. The number of nitrogens with one attached hydrogen (secondary N) is 1. The Labute approximate surface area is 77.2 Å². The van der Waals surface area contributed by atoms with E-state index in [1.807, 2.05) is 0 Å². The molecular formula is C11H23N. The molecule has 12 heavy (non-hydrogen) atoms. The maximum Gasteiger partial charge on any atom is -0.00464 e. The van der Waals surface area contributed by atoms with Crippen molar-refractivity contribution in [1.82, 2.24) is 5.32 Å². The maximum absolute atomic E-state index is 4.02. The maximum atomic E-state index is 4.02. The van der Waals surface area contributed by atoms with E-state index in [2.05, 4.69) is 32.7 Å². The summed E-state index contributed by atoms with van der Waals surface area (Å²) in [5.41, 5.74) is 1.39. The Bertz CT molecular complexity index is 118. The molecule has 0 aliphatic heterocycles. The fourth-order valence-corrected chi connectivity index (χ4v) is 1.26. The van der Waals surface area contributed by atoms with E-state index in [-0.39, 0.29) is 0 Å². The van der Waals surface area contributed by atoms with Crippen molar-refractivity contribution in [3.05, 3.63) is 12.2 Å².